The second kappa shape index (κ2) is 9.48. The minimum absolute atomic E-state index is 0.104. The summed E-state index contributed by atoms with van der Waals surface area (Å²) in [7, 11) is 3.16. The molecule has 8 nitrogen and oxygen atoms in total. The SMILES string of the molecule is COc1cccc(CN2C(=O)c3nc4ccccc4n3C[C@]2(C)C(=O)N[C@H]2CCCC[C@H]2C)c1OC. The fraction of sp³-hybridized carbons (Fsp3) is 0.464. The number of nitrogens with one attached hydrogen (secondary N) is 1. The maximum Gasteiger partial charge on any atom is 0.291 e. The molecule has 2 aliphatic rings. The summed E-state index contributed by atoms with van der Waals surface area (Å²) in [6.07, 6.45) is 4.35. The Morgan fingerprint density at radius 3 is 2.64 bits per heavy atom. The van der Waals surface area contributed by atoms with Crippen LogP contribution in [0.2, 0.25) is 0 Å². The molecular weight excluding hydrogens is 456 g/mol. The average molecular weight is 491 g/mol. The summed E-state index contributed by atoms with van der Waals surface area (Å²) in [4.78, 5) is 34.3. The van der Waals surface area contributed by atoms with E-state index in [4.69, 9.17) is 9.47 Å². The molecule has 0 bridgehead atoms. The van der Waals surface area contributed by atoms with Crippen molar-refractivity contribution < 1.29 is 19.1 Å². The van der Waals surface area contributed by atoms with Crippen LogP contribution < -0.4 is 14.8 Å². The van der Waals surface area contributed by atoms with Gasteiger partial charge in [-0.2, -0.15) is 0 Å². The highest BCUT2D eigenvalue weighted by atomic mass is 16.5. The van der Waals surface area contributed by atoms with Crippen LogP contribution in [0.4, 0.5) is 0 Å². The van der Waals surface area contributed by atoms with Crippen molar-refractivity contribution in [3.8, 4) is 11.5 Å². The van der Waals surface area contributed by atoms with Crippen molar-refractivity contribution in [2.24, 2.45) is 5.92 Å². The monoisotopic (exact) mass is 490 g/mol. The van der Waals surface area contributed by atoms with Gasteiger partial charge in [0.15, 0.2) is 17.3 Å². The number of nitrogens with zero attached hydrogens (tertiary/aromatic N) is 3. The van der Waals surface area contributed by atoms with Gasteiger partial charge in [-0.25, -0.2) is 4.98 Å². The molecule has 3 atom stereocenters. The normalized spacial score (nSPS) is 23.9. The zero-order valence-corrected chi connectivity index (χ0v) is 21.4. The van der Waals surface area contributed by atoms with Gasteiger partial charge in [-0.05, 0) is 43.9 Å². The summed E-state index contributed by atoms with van der Waals surface area (Å²) < 4.78 is 13.0. The Balaban J connectivity index is 1.58. The third-order valence-electron chi connectivity index (χ3n) is 7.88. The van der Waals surface area contributed by atoms with Crippen LogP contribution in [0.3, 0.4) is 0 Å². The van der Waals surface area contributed by atoms with E-state index in [9.17, 15) is 9.59 Å². The summed E-state index contributed by atoms with van der Waals surface area (Å²) in [5.74, 6) is 1.46. The first-order valence-corrected chi connectivity index (χ1v) is 12.7. The number of hydrogen-bond acceptors (Lipinski definition) is 5. The highest BCUT2D eigenvalue weighted by Crippen LogP contribution is 2.37. The van der Waals surface area contributed by atoms with Crippen molar-refractivity contribution in [2.45, 2.75) is 64.2 Å². The van der Waals surface area contributed by atoms with Gasteiger partial charge in [0.25, 0.3) is 5.91 Å². The van der Waals surface area contributed by atoms with Crippen molar-refractivity contribution in [1.29, 1.82) is 0 Å². The van der Waals surface area contributed by atoms with E-state index >= 15 is 0 Å². The number of para-hydroxylation sites is 3. The first-order chi connectivity index (χ1) is 17.4. The van der Waals surface area contributed by atoms with Gasteiger partial charge in [0, 0.05) is 11.6 Å². The molecule has 2 amide bonds. The predicted molar refractivity (Wildman–Crippen MR) is 137 cm³/mol. The summed E-state index contributed by atoms with van der Waals surface area (Å²) in [6, 6.07) is 13.3. The van der Waals surface area contributed by atoms with E-state index in [1.807, 2.05) is 54.0 Å². The Kier molecular flexibility index (Phi) is 6.36. The number of imidazole rings is 1. The fourth-order valence-electron chi connectivity index (χ4n) is 5.68. The van der Waals surface area contributed by atoms with Crippen LogP contribution in [0, 0.1) is 5.92 Å². The van der Waals surface area contributed by atoms with Gasteiger partial charge >= 0.3 is 0 Å². The van der Waals surface area contributed by atoms with Gasteiger partial charge in [-0.3, -0.25) is 9.59 Å². The van der Waals surface area contributed by atoms with Crippen LogP contribution in [0.5, 0.6) is 11.5 Å². The first kappa shape index (κ1) is 24.2. The first-order valence-electron chi connectivity index (χ1n) is 12.7. The lowest BCUT2D eigenvalue weighted by molar-refractivity contribution is -0.134. The van der Waals surface area contributed by atoms with Gasteiger partial charge in [0.2, 0.25) is 5.91 Å². The van der Waals surface area contributed by atoms with Crippen molar-refractivity contribution in [3.63, 3.8) is 0 Å². The number of hydrogen-bond donors (Lipinski definition) is 1. The Morgan fingerprint density at radius 1 is 1.11 bits per heavy atom. The third-order valence-corrected chi connectivity index (χ3v) is 7.88. The smallest absolute Gasteiger partial charge is 0.291 e. The topological polar surface area (TPSA) is 85.7 Å². The minimum Gasteiger partial charge on any atom is -0.493 e. The summed E-state index contributed by atoms with van der Waals surface area (Å²) in [5, 5.41) is 3.31. The summed E-state index contributed by atoms with van der Waals surface area (Å²) in [5.41, 5.74) is 1.23. The Hall–Kier alpha value is -3.55. The molecule has 3 aromatic rings. The van der Waals surface area contributed by atoms with Crippen molar-refractivity contribution in [3.05, 3.63) is 53.9 Å². The molecule has 8 heteroatoms. The quantitative estimate of drug-likeness (QED) is 0.561. The molecule has 5 rings (SSSR count). The molecule has 1 N–H and O–H groups in total. The lowest BCUT2D eigenvalue weighted by Gasteiger charge is -2.45. The van der Waals surface area contributed by atoms with E-state index in [1.165, 1.54) is 6.42 Å². The summed E-state index contributed by atoms with van der Waals surface area (Å²) >= 11 is 0. The molecule has 0 saturated heterocycles. The number of ether oxygens (including phenoxy) is 2. The molecule has 0 spiro atoms. The largest absolute Gasteiger partial charge is 0.493 e. The molecule has 1 aliphatic carbocycles. The third kappa shape index (κ3) is 3.98. The Morgan fingerprint density at radius 2 is 1.89 bits per heavy atom. The molecule has 0 unspecified atom stereocenters. The second-order valence-corrected chi connectivity index (χ2v) is 10.2. The van der Waals surface area contributed by atoms with E-state index in [1.54, 1.807) is 19.1 Å². The number of fused-ring (bicyclic) bond motifs is 3. The second-order valence-electron chi connectivity index (χ2n) is 10.2. The van der Waals surface area contributed by atoms with E-state index in [2.05, 4.69) is 17.2 Å². The van der Waals surface area contributed by atoms with Crippen LogP contribution >= 0.6 is 0 Å². The van der Waals surface area contributed by atoms with Crippen LogP contribution in [0.1, 0.15) is 55.7 Å². The predicted octanol–water partition coefficient (Wildman–Crippen LogP) is 4.16. The molecular formula is C28H34N4O4. The average Bonchev–Trinajstić information content (AvgIpc) is 3.26. The van der Waals surface area contributed by atoms with Crippen LogP contribution in [0.25, 0.3) is 11.0 Å². The van der Waals surface area contributed by atoms with Crippen LogP contribution in [-0.4, -0.2) is 52.1 Å². The highest BCUT2D eigenvalue weighted by molar-refractivity contribution is 6.01. The number of amides is 2. The van der Waals surface area contributed by atoms with E-state index in [0.717, 1.165) is 35.9 Å². The van der Waals surface area contributed by atoms with E-state index in [-0.39, 0.29) is 24.4 Å². The molecule has 0 radical (unpaired) electrons. The lowest BCUT2D eigenvalue weighted by Crippen LogP contribution is -2.65. The molecule has 1 fully saturated rings. The molecule has 36 heavy (non-hydrogen) atoms. The standard InChI is InChI=1S/C28H34N4O4/c1-18-10-5-6-12-20(18)30-27(34)28(2)17-31-22-14-8-7-13-21(22)29-25(31)26(33)32(28)16-19-11-9-15-23(35-3)24(19)36-4/h7-9,11,13-15,18,20H,5-6,10,12,16-17H2,1-4H3,(H,30,34)/t18-,20+,28-/m1/s1. The van der Waals surface area contributed by atoms with Gasteiger partial charge < -0.3 is 24.3 Å². The Labute approximate surface area is 211 Å². The van der Waals surface area contributed by atoms with Gasteiger partial charge in [0.05, 0.1) is 38.3 Å². The van der Waals surface area contributed by atoms with Crippen LogP contribution in [-0.2, 0) is 17.9 Å². The molecule has 2 heterocycles. The number of methoxy groups -OCH3 is 2. The van der Waals surface area contributed by atoms with Gasteiger partial charge in [0.1, 0.15) is 5.54 Å². The zero-order chi connectivity index (χ0) is 25.4. The van der Waals surface area contributed by atoms with Crippen molar-refractivity contribution in [1.82, 2.24) is 19.8 Å². The maximum atomic E-state index is 14.0. The highest BCUT2D eigenvalue weighted by Gasteiger charge is 2.49. The molecule has 2 aromatic carbocycles. The Bertz CT molecular complexity index is 1300. The fourth-order valence-corrected chi connectivity index (χ4v) is 5.68. The van der Waals surface area contributed by atoms with Gasteiger partial charge in [-0.15, -0.1) is 0 Å². The van der Waals surface area contributed by atoms with Crippen molar-refractivity contribution in [2.75, 3.05) is 14.2 Å². The lowest BCUT2D eigenvalue weighted by atomic mass is 9.85. The molecule has 1 saturated carbocycles. The number of carbonyl (C=O) groups excluding carboxylic acids is 2. The number of carbonyl (C=O) groups is 2. The van der Waals surface area contributed by atoms with E-state index < -0.39 is 5.54 Å². The number of benzene rings is 2. The maximum absolute atomic E-state index is 14.0. The number of rotatable bonds is 6. The molecule has 190 valence electrons. The molecule has 1 aliphatic heterocycles. The summed E-state index contributed by atoms with van der Waals surface area (Å²) in [6.45, 7) is 4.55. The van der Waals surface area contributed by atoms with Crippen LogP contribution in [0.15, 0.2) is 42.5 Å². The van der Waals surface area contributed by atoms with Gasteiger partial charge in [-0.1, -0.05) is 44.0 Å². The number of aromatic nitrogens is 2. The minimum atomic E-state index is -1.13. The zero-order valence-electron chi connectivity index (χ0n) is 21.4. The van der Waals surface area contributed by atoms with Crippen molar-refractivity contribution >= 4 is 22.8 Å². The molecule has 1 aromatic heterocycles. The van der Waals surface area contributed by atoms with E-state index in [0.29, 0.717) is 29.8 Å².